The van der Waals surface area contributed by atoms with Crippen LogP contribution in [-0.2, 0) is 0 Å². The van der Waals surface area contributed by atoms with Crippen LogP contribution < -0.4 is 9.47 Å². The van der Waals surface area contributed by atoms with Crippen molar-refractivity contribution < 1.29 is 14.3 Å². The van der Waals surface area contributed by atoms with Crippen LogP contribution in [0.15, 0.2) is 48.8 Å². The summed E-state index contributed by atoms with van der Waals surface area (Å²) in [6.45, 7) is 2.07. The minimum absolute atomic E-state index is 0.0201. The summed E-state index contributed by atoms with van der Waals surface area (Å²) in [4.78, 5) is 19.6. The molecule has 0 spiro atoms. The van der Waals surface area contributed by atoms with Crippen molar-refractivity contribution >= 4 is 11.6 Å². The number of imidazole rings is 1. The van der Waals surface area contributed by atoms with E-state index in [0.29, 0.717) is 18.9 Å². The Hall–Kier alpha value is -3.02. The quantitative estimate of drug-likeness (QED) is 0.700. The lowest BCUT2D eigenvalue weighted by Crippen LogP contribution is -2.30. The number of amides is 1. The maximum atomic E-state index is 13.1. The first-order valence-electron chi connectivity index (χ1n) is 9.44. The number of hydrogen-bond donors (Lipinski definition) is 0. The topological polar surface area (TPSA) is 56.1 Å². The lowest BCUT2D eigenvalue weighted by molar-refractivity contribution is 0.0730. The normalized spacial score (nSPS) is 19.3. The fourth-order valence-electron chi connectivity index (χ4n) is 3.93. The third kappa shape index (κ3) is 2.91. The van der Waals surface area contributed by atoms with E-state index in [1.165, 1.54) is 0 Å². The largest absolute Gasteiger partial charge is 0.490 e. The minimum Gasteiger partial charge on any atom is -0.490 e. The van der Waals surface area contributed by atoms with Gasteiger partial charge in [0.15, 0.2) is 11.5 Å². The second-order valence-corrected chi connectivity index (χ2v) is 7.01. The van der Waals surface area contributed by atoms with Gasteiger partial charge < -0.3 is 18.8 Å². The van der Waals surface area contributed by atoms with Crippen LogP contribution in [0.2, 0.25) is 0 Å². The van der Waals surface area contributed by atoms with E-state index in [-0.39, 0.29) is 11.9 Å². The third-order valence-electron chi connectivity index (χ3n) is 5.25. The van der Waals surface area contributed by atoms with Gasteiger partial charge in [0.25, 0.3) is 5.91 Å². The number of hydrogen-bond acceptors (Lipinski definition) is 4. The number of benzene rings is 1. The highest BCUT2D eigenvalue weighted by atomic mass is 16.5. The van der Waals surface area contributed by atoms with Crippen LogP contribution in [0.1, 0.15) is 41.4 Å². The fourth-order valence-corrected chi connectivity index (χ4v) is 3.93. The van der Waals surface area contributed by atoms with Crippen LogP contribution in [0, 0.1) is 0 Å². The predicted molar refractivity (Wildman–Crippen MR) is 100 cm³/mol. The first-order chi connectivity index (χ1) is 13.3. The third-order valence-corrected chi connectivity index (χ3v) is 5.25. The number of pyridine rings is 1. The summed E-state index contributed by atoms with van der Waals surface area (Å²) in [5.41, 5.74) is 2.36. The maximum Gasteiger partial charge on any atom is 0.274 e. The molecule has 1 amide bonds. The van der Waals surface area contributed by atoms with Crippen molar-refractivity contribution in [3.63, 3.8) is 0 Å². The molecule has 0 radical (unpaired) electrons. The standard InChI is InChI=1S/C21H21N3O3/c25-21(16-14-23-9-2-1-6-20(23)22-16)24-10-3-5-17(24)15-7-8-18-19(13-15)27-12-4-11-26-18/h1-2,6-9,13-14,17H,3-5,10-12H2/t17-/m1/s1. The molecule has 5 rings (SSSR count). The first-order valence-corrected chi connectivity index (χ1v) is 9.44. The van der Waals surface area contributed by atoms with E-state index in [1.807, 2.05) is 51.9 Å². The maximum absolute atomic E-state index is 13.1. The molecule has 0 saturated carbocycles. The van der Waals surface area contributed by atoms with Crippen molar-refractivity contribution in [2.75, 3.05) is 19.8 Å². The average molecular weight is 363 g/mol. The van der Waals surface area contributed by atoms with Crippen molar-refractivity contribution in [2.24, 2.45) is 0 Å². The molecule has 0 unspecified atom stereocenters. The van der Waals surface area contributed by atoms with Crippen LogP contribution in [0.5, 0.6) is 11.5 Å². The van der Waals surface area contributed by atoms with E-state index in [4.69, 9.17) is 9.47 Å². The van der Waals surface area contributed by atoms with Gasteiger partial charge >= 0.3 is 0 Å². The molecule has 6 heteroatoms. The summed E-state index contributed by atoms with van der Waals surface area (Å²) in [5.74, 6) is 1.54. The van der Waals surface area contributed by atoms with E-state index in [2.05, 4.69) is 4.98 Å². The number of carbonyl (C=O) groups excluding carboxylic acids is 1. The van der Waals surface area contributed by atoms with Crippen molar-refractivity contribution in [1.82, 2.24) is 14.3 Å². The highest BCUT2D eigenvalue weighted by molar-refractivity contribution is 5.93. The smallest absolute Gasteiger partial charge is 0.274 e. The van der Waals surface area contributed by atoms with Gasteiger partial charge in [-0.2, -0.15) is 0 Å². The number of fused-ring (bicyclic) bond motifs is 2. The Morgan fingerprint density at radius 2 is 1.96 bits per heavy atom. The van der Waals surface area contributed by atoms with E-state index in [9.17, 15) is 4.79 Å². The number of likely N-dealkylation sites (tertiary alicyclic amines) is 1. The van der Waals surface area contributed by atoms with Gasteiger partial charge in [0.05, 0.1) is 19.3 Å². The molecule has 1 aromatic carbocycles. The van der Waals surface area contributed by atoms with E-state index in [0.717, 1.165) is 48.5 Å². The number of ether oxygens (including phenoxy) is 2. The summed E-state index contributed by atoms with van der Waals surface area (Å²) in [6.07, 6.45) is 6.52. The zero-order valence-corrected chi connectivity index (χ0v) is 15.0. The van der Waals surface area contributed by atoms with E-state index >= 15 is 0 Å². The highest BCUT2D eigenvalue weighted by Crippen LogP contribution is 2.38. The molecule has 1 atom stereocenters. The van der Waals surface area contributed by atoms with Crippen molar-refractivity contribution in [1.29, 1.82) is 0 Å². The molecule has 3 aromatic rings. The number of aromatic nitrogens is 2. The van der Waals surface area contributed by atoms with E-state index < -0.39 is 0 Å². The Kier molecular flexibility index (Phi) is 3.96. The molecule has 2 aliphatic rings. The summed E-state index contributed by atoms with van der Waals surface area (Å²) >= 11 is 0. The molecule has 0 aliphatic carbocycles. The Bertz CT molecular complexity index is 964. The predicted octanol–water partition coefficient (Wildman–Crippen LogP) is 3.47. The van der Waals surface area contributed by atoms with Crippen LogP contribution in [0.25, 0.3) is 5.65 Å². The van der Waals surface area contributed by atoms with Gasteiger partial charge in [-0.25, -0.2) is 4.98 Å². The molecule has 4 heterocycles. The fraction of sp³-hybridized carbons (Fsp3) is 0.333. The van der Waals surface area contributed by atoms with Gasteiger partial charge in [-0.15, -0.1) is 0 Å². The van der Waals surface area contributed by atoms with Crippen LogP contribution >= 0.6 is 0 Å². The van der Waals surface area contributed by atoms with Crippen molar-refractivity contribution in [2.45, 2.75) is 25.3 Å². The van der Waals surface area contributed by atoms with Crippen LogP contribution in [0.4, 0.5) is 0 Å². The second kappa shape index (κ2) is 6.61. The molecule has 0 bridgehead atoms. The van der Waals surface area contributed by atoms with Crippen LogP contribution in [-0.4, -0.2) is 40.0 Å². The number of rotatable bonds is 2. The van der Waals surface area contributed by atoms with Gasteiger partial charge in [0.2, 0.25) is 0 Å². The molecule has 1 fully saturated rings. The van der Waals surface area contributed by atoms with E-state index in [1.54, 1.807) is 6.20 Å². The number of nitrogens with zero attached hydrogens (tertiary/aromatic N) is 3. The van der Waals surface area contributed by atoms with Crippen molar-refractivity contribution in [3.8, 4) is 11.5 Å². The van der Waals surface area contributed by atoms with Gasteiger partial charge in [-0.3, -0.25) is 4.79 Å². The molecule has 2 aliphatic heterocycles. The van der Waals surface area contributed by atoms with Gasteiger partial charge in [-0.05, 0) is 42.7 Å². The second-order valence-electron chi connectivity index (χ2n) is 7.01. The van der Waals surface area contributed by atoms with Gasteiger partial charge in [0.1, 0.15) is 11.3 Å². The zero-order chi connectivity index (χ0) is 18.2. The van der Waals surface area contributed by atoms with Crippen molar-refractivity contribution in [3.05, 3.63) is 60.0 Å². The molecule has 6 nitrogen and oxygen atoms in total. The average Bonchev–Trinajstić information content (AvgIpc) is 3.29. The van der Waals surface area contributed by atoms with Gasteiger partial charge in [-0.1, -0.05) is 12.1 Å². The number of carbonyl (C=O) groups is 1. The molecular formula is C21H21N3O3. The summed E-state index contributed by atoms with van der Waals surface area (Å²) in [7, 11) is 0. The Morgan fingerprint density at radius 1 is 1.07 bits per heavy atom. The molecule has 2 aromatic heterocycles. The summed E-state index contributed by atoms with van der Waals surface area (Å²) in [6, 6.07) is 11.8. The lowest BCUT2D eigenvalue weighted by Gasteiger charge is -2.25. The SMILES string of the molecule is O=C(c1cn2ccccc2n1)N1CCC[C@@H]1c1ccc2c(c1)OCCCO2. The summed E-state index contributed by atoms with van der Waals surface area (Å²) in [5, 5.41) is 0. The lowest BCUT2D eigenvalue weighted by atomic mass is 10.0. The molecule has 0 N–H and O–H groups in total. The minimum atomic E-state index is -0.0201. The molecule has 138 valence electrons. The Morgan fingerprint density at radius 3 is 2.85 bits per heavy atom. The summed E-state index contributed by atoms with van der Waals surface area (Å²) < 4.78 is 13.4. The van der Waals surface area contributed by atoms with Gasteiger partial charge in [0, 0.05) is 25.4 Å². The zero-order valence-electron chi connectivity index (χ0n) is 15.0. The molecule has 1 saturated heterocycles. The monoisotopic (exact) mass is 363 g/mol. The highest BCUT2D eigenvalue weighted by Gasteiger charge is 2.32. The Labute approximate surface area is 157 Å². The molecular weight excluding hydrogens is 342 g/mol. The first kappa shape index (κ1) is 16.2. The van der Waals surface area contributed by atoms with Crippen LogP contribution in [0.3, 0.4) is 0 Å². The Balaban J connectivity index is 1.44. The molecule has 27 heavy (non-hydrogen) atoms.